The summed E-state index contributed by atoms with van der Waals surface area (Å²) in [6, 6.07) is 7.09. The predicted molar refractivity (Wildman–Crippen MR) is 248 cm³/mol. The maximum Gasteiger partial charge on any atom is 0.266 e. The van der Waals surface area contributed by atoms with Crippen molar-refractivity contribution >= 4 is 69.7 Å². The molecule has 4 aliphatic rings. The average Bonchev–Trinajstić information content (AvgIpc) is 3.95. The Labute approximate surface area is 396 Å². The van der Waals surface area contributed by atoms with Crippen LogP contribution in [0, 0.1) is 6.92 Å². The van der Waals surface area contributed by atoms with Crippen LogP contribution in [0.2, 0.25) is 0 Å². The minimum absolute atomic E-state index is 0.00194. The summed E-state index contributed by atoms with van der Waals surface area (Å²) < 4.78 is 18.4. The predicted octanol–water partition coefficient (Wildman–Crippen LogP) is 1.42. The molecule has 22 nitrogen and oxygen atoms in total. The fourth-order valence-electron chi connectivity index (χ4n) is 9.14. The van der Waals surface area contributed by atoms with Crippen LogP contribution >= 0.6 is 0 Å². The van der Waals surface area contributed by atoms with E-state index in [2.05, 4.69) is 41.0 Å². The van der Waals surface area contributed by atoms with Crippen LogP contribution in [0.3, 0.4) is 0 Å². The third kappa shape index (κ3) is 11.1. The van der Waals surface area contributed by atoms with Gasteiger partial charge in [-0.05, 0) is 62.9 Å². The fraction of sp³-hybridized carbons (Fsp3) is 0.468. The number of hydrogen-bond donors (Lipinski definition) is 4. The summed E-state index contributed by atoms with van der Waals surface area (Å²) in [5.41, 5.74) is 1.94. The number of piperidine rings is 1. The molecule has 6 amide bonds. The van der Waals surface area contributed by atoms with Gasteiger partial charge < -0.3 is 35.1 Å². The number of pyridine rings is 2. The Kier molecular flexibility index (Phi) is 15.3. The lowest BCUT2D eigenvalue weighted by atomic mass is 10.0. The molecule has 3 aromatic heterocycles. The number of carbonyl (C=O) groups is 7. The van der Waals surface area contributed by atoms with E-state index in [9.17, 15) is 38.4 Å². The van der Waals surface area contributed by atoms with Gasteiger partial charge in [-0.15, -0.1) is 0 Å². The molecule has 4 N–H and O–H groups in total. The van der Waals surface area contributed by atoms with Crippen LogP contribution in [0.4, 0.5) is 17.5 Å². The van der Waals surface area contributed by atoms with Crippen molar-refractivity contribution in [2.24, 2.45) is 0 Å². The molecule has 6 heterocycles. The van der Waals surface area contributed by atoms with Crippen molar-refractivity contribution in [1.29, 1.82) is 0 Å². The number of benzene rings is 1. The van der Waals surface area contributed by atoms with Crippen molar-refractivity contribution in [3.05, 3.63) is 75.3 Å². The van der Waals surface area contributed by atoms with Crippen LogP contribution in [-0.2, 0) is 28.7 Å². The van der Waals surface area contributed by atoms with E-state index < -0.39 is 42.2 Å². The standard InChI is InChI=1S/C47H55N11O11/c1-28-33-25-51-47(54-42(33)57(30-6-3-4-7-30)45(65)40(28)29(2)59)52-36-12-10-31(24-50-36)56-18-16-55(17-19-56)26-38(61)48-14-20-67-22-23-68-21-15-49-39(62)27-69-35-9-5-8-32-41(35)46(66)58(44(32)64)34-11-13-37(60)53-43(34)63/h5,8-10,12,24-25,30,34H,3-4,6-7,11,13-23,26-27H2,1-2H3,(H,48,61)(H,49,62)(H,53,60,63)(H,50,51,52,54). The minimum atomic E-state index is -1.12. The first-order valence-electron chi connectivity index (χ1n) is 23.2. The summed E-state index contributed by atoms with van der Waals surface area (Å²) in [5.74, 6) is -2.57. The molecule has 4 aromatic rings. The van der Waals surface area contributed by atoms with E-state index in [-0.39, 0.29) is 91.5 Å². The second kappa shape index (κ2) is 21.8. The Morgan fingerprint density at radius 1 is 0.826 bits per heavy atom. The molecule has 1 aromatic carbocycles. The van der Waals surface area contributed by atoms with Gasteiger partial charge in [0, 0.05) is 63.3 Å². The second-order valence-electron chi connectivity index (χ2n) is 17.2. The Morgan fingerprint density at radius 2 is 1.55 bits per heavy atom. The highest BCUT2D eigenvalue weighted by Crippen LogP contribution is 2.34. The highest BCUT2D eigenvalue weighted by atomic mass is 16.5. The number of aromatic nitrogens is 4. The number of fused-ring (bicyclic) bond motifs is 2. The second-order valence-corrected chi connectivity index (χ2v) is 17.2. The van der Waals surface area contributed by atoms with Gasteiger partial charge in [0.2, 0.25) is 23.7 Å². The minimum Gasteiger partial charge on any atom is -0.483 e. The lowest BCUT2D eigenvalue weighted by molar-refractivity contribution is -0.136. The number of carbonyl (C=O) groups excluding carboxylic acids is 7. The number of ether oxygens (including phenoxy) is 3. The quantitative estimate of drug-likeness (QED) is 0.0555. The third-order valence-corrected chi connectivity index (χ3v) is 12.6. The van der Waals surface area contributed by atoms with E-state index in [1.807, 2.05) is 12.1 Å². The lowest BCUT2D eigenvalue weighted by Gasteiger charge is -2.35. The molecular weight excluding hydrogens is 895 g/mol. The Morgan fingerprint density at radius 3 is 2.23 bits per heavy atom. The largest absolute Gasteiger partial charge is 0.483 e. The van der Waals surface area contributed by atoms with Crippen LogP contribution in [0.5, 0.6) is 5.75 Å². The zero-order valence-electron chi connectivity index (χ0n) is 38.5. The number of nitrogens with zero attached hydrogens (tertiary/aromatic N) is 7. The Balaban J connectivity index is 0.676. The first-order valence-corrected chi connectivity index (χ1v) is 23.2. The number of anilines is 3. The molecule has 364 valence electrons. The van der Waals surface area contributed by atoms with Gasteiger partial charge in [0.05, 0.1) is 61.5 Å². The van der Waals surface area contributed by atoms with E-state index in [0.29, 0.717) is 67.7 Å². The Hall–Kier alpha value is -7.17. The van der Waals surface area contributed by atoms with Gasteiger partial charge in [-0.25, -0.2) is 9.97 Å². The van der Waals surface area contributed by atoms with Gasteiger partial charge in [0.1, 0.15) is 23.3 Å². The molecular formula is C47H55N11O11. The van der Waals surface area contributed by atoms with Gasteiger partial charge in [-0.2, -0.15) is 4.98 Å². The highest BCUT2D eigenvalue weighted by Gasteiger charge is 2.46. The molecule has 3 aliphatic heterocycles. The molecule has 69 heavy (non-hydrogen) atoms. The third-order valence-electron chi connectivity index (χ3n) is 12.6. The van der Waals surface area contributed by atoms with Gasteiger partial charge in [0.25, 0.3) is 23.3 Å². The number of ketones is 1. The molecule has 1 unspecified atom stereocenters. The lowest BCUT2D eigenvalue weighted by Crippen LogP contribution is -2.54. The summed E-state index contributed by atoms with van der Waals surface area (Å²) in [6.45, 7) is 7.40. The van der Waals surface area contributed by atoms with Crippen LogP contribution < -0.4 is 36.5 Å². The molecule has 0 spiro atoms. The number of rotatable bonds is 20. The van der Waals surface area contributed by atoms with Gasteiger partial charge in [0.15, 0.2) is 12.4 Å². The van der Waals surface area contributed by atoms with Crippen LogP contribution in [0.25, 0.3) is 11.0 Å². The molecule has 22 heteroatoms. The van der Waals surface area contributed by atoms with E-state index in [1.165, 1.54) is 25.1 Å². The van der Waals surface area contributed by atoms with Crippen molar-refractivity contribution in [2.75, 3.05) is 89.1 Å². The van der Waals surface area contributed by atoms with Crippen molar-refractivity contribution in [1.82, 2.24) is 45.3 Å². The van der Waals surface area contributed by atoms with Crippen LogP contribution in [0.15, 0.2) is 47.5 Å². The summed E-state index contributed by atoms with van der Waals surface area (Å²) in [5, 5.41) is 11.5. The van der Waals surface area contributed by atoms with E-state index in [4.69, 9.17) is 19.2 Å². The number of Topliss-reactive ketones (excluding diaryl/α,β-unsaturated/α-hetero) is 1. The van der Waals surface area contributed by atoms with Gasteiger partial charge >= 0.3 is 0 Å². The van der Waals surface area contributed by atoms with E-state index in [1.54, 1.807) is 23.9 Å². The number of aryl methyl sites for hydroxylation is 1. The number of nitrogens with one attached hydrogen (secondary N) is 4. The van der Waals surface area contributed by atoms with Crippen LogP contribution in [-0.4, -0.2) is 155 Å². The average molecular weight is 950 g/mol. The van der Waals surface area contributed by atoms with Crippen molar-refractivity contribution in [3.63, 3.8) is 0 Å². The highest BCUT2D eigenvalue weighted by molar-refractivity contribution is 6.24. The molecule has 8 rings (SSSR count). The van der Waals surface area contributed by atoms with Crippen LogP contribution in [0.1, 0.15) is 88.1 Å². The summed E-state index contributed by atoms with van der Waals surface area (Å²) in [4.78, 5) is 120. The van der Waals surface area contributed by atoms with E-state index in [0.717, 1.165) is 36.3 Å². The smallest absolute Gasteiger partial charge is 0.266 e. The van der Waals surface area contributed by atoms with Crippen molar-refractivity contribution in [2.45, 2.75) is 64.5 Å². The molecule has 1 saturated carbocycles. The summed E-state index contributed by atoms with van der Waals surface area (Å²) >= 11 is 0. The summed E-state index contributed by atoms with van der Waals surface area (Å²) in [7, 11) is 0. The van der Waals surface area contributed by atoms with Crippen molar-refractivity contribution in [3.8, 4) is 5.75 Å². The van der Waals surface area contributed by atoms with Gasteiger partial charge in [-0.1, -0.05) is 18.9 Å². The SMILES string of the molecule is CC(=O)c1c(C)c2cnc(Nc3ccc(N4CCN(CC(=O)NCCOCCOCCNC(=O)COc5cccc6c5C(=O)N(C5CCC(=O)NC5=O)C6=O)CC4)cn3)nc2n(C2CCCC2)c1=O. The molecule has 0 bridgehead atoms. The molecule has 3 fully saturated rings. The Bertz CT molecular complexity index is 2700. The topological polar surface area (TPSA) is 266 Å². The fourth-order valence-corrected chi connectivity index (χ4v) is 9.14. The number of piperazine rings is 1. The molecule has 2 saturated heterocycles. The number of amides is 6. The maximum absolute atomic E-state index is 13.6. The first-order chi connectivity index (χ1) is 33.4. The first kappa shape index (κ1) is 48.3. The number of hydrogen-bond acceptors (Lipinski definition) is 17. The molecule has 1 atom stereocenters. The van der Waals surface area contributed by atoms with Crippen molar-refractivity contribution < 1.29 is 47.8 Å². The maximum atomic E-state index is 13.6. The normalized spacial score (nSPS) is 17.6. The van der Waals surface area contributed by atoms with E-state index >= 15 is 0 Å². The zero-order chi connectivity index (χ0) is 48.6. The monoisotopic (exact) mass is 949 g/mol. The zero-order valence-corrected chi connectivity index (χ0v) is 38.5. The van der Waals surface area contributed by atoms with Gasteiger partial charge in [-0.3, -0.25) is 58.0 Å². The summed E-state index contributed by atoms with van der Waals surface area (Å²) in [6.07, 6.45) is 7.21. The molecule has 1 aliphatic carbocycles. The number of imide groups is 2. The molecule has 0 radical (unpaired) electrons.